The number of nitriles is 1. The van der Waals surface area contributed by atoms with Crippen LogP contribution in [0.15, 0.2) is 35.5 Å². The molecule has 1 N–H and O–H groups in total. The third-order valence-corrected chi connectivity index (χ3v) is 8.87. The lowest BCUT2D eigenvalue weighted by molar-refractivity contribution is -0.139. The minimum atomic E-state index is -4.92. The number of alkyl halides is 3. The summed E-state index contributed by atoms with van der Waals surface area (Å²) in [5.74, 6) is -1.41. The van der Waals surface area contributed by atoms with Gasteiger partial charge in [0, 0.05) is 18.8 Å². The van der Waals surface area contributed by atoms with E-state index in [1.807, 2.05) is 0 Å². The lowest BCUT2D eigenvalue weighted by atomic mass is 10.0. The van der Waals surface area contributed by atoms with Crippen LogP contribution in [0.2, 0.25) is 0 Å². The number of halogens is 3. The summed E-state index contributed by atoms with van der Waals surface area (Å²) in [6, 6.07) is 5.16. The molecule has 0 bridgehead atoms. The van der Waals surface area contributed by atoms with Crippen molar-refractivity contribution in [3.8, 4) is 17.2 Å². The fourth-order valence-corrected chi connectivity index (χ4v) is 6.63. The highest BCUT2D eigenvalue weighted by Crippen LogP contribution is 2.43. The molecule has 1 aromatic heterocycles. The zero-order chi connectivity index (χ0) is 26.5. The topological polar surface area (TPSA) is 114 Å². The fourth-order valence-electron chi connectivity index (χ4n) is 4.63. The van der Waals surface area contributed by atoms with Crippen LogP contribution in [-0.2, 0) is 32.6 Å². The van der Waals surface area contributed by atoms with E-state index in [1.165, 1.54) is 23.1 Å². The van der Waals surface area contributed by atoms with Crippen LogP contribution in [0.4, 0.5) is 13.2 Å². The molecule has 2 saturated carbocycles. The molecule has 194 valence electrons. The third-order valence-electron chi connectivity index (χ3n) is 6.64. The molecule has 2 aromatic rings. The minimum absolute atomic E-state index is 0.125. The van der Waals surface area contributed by atoms with Gasteiger partial charge in [-0.15, -0.1) is 0 Å². The number of nitrogens with zero attached hydrogens (tertiary/aromatic N) is 3. The number of ether oxygens (including phenoxy) is 1. The third kappa shape index (κ3) is 5.13. The van der Waals surface area contributed by atoms with Crippen molar-refractivity contribution in [1.82, 2.24) is 15.1 Å². The number of carbonyl (C=O) groups is 1. The summed E-state index contributed by atoms with van der Waals surface area (Å²) in [4.78, 5) is 12.1. The Hall–Kier alpha value is -2.91. The Bertz CT molecular complexity index is 1310. The molecule has 2 aliphatic rings. The van der Waals surface area contributed by atoms with Crippen molar-refractivity contribution >= 4 is 15.7 Å². The van der Waals surface area contributed by atoms with E-state index in [-0.39, 0.29) is 24.5 Å². The van der Waals surface area contributed by atoms with E-state index >= 15 is 0 Å². The summed E-state index contributed by atoms with van der Waals surface area (Å²) in [5, 5.41) is 14.7. The number of hydrogen-bond donors (Lipinski definition) is 1. The van der Waals surface area contributed by atoms with Gasteiger partial charge in [0.05, 0.1) is 46.1 Å². The number of carbonyl (C=O) groups excluding carboxylic acids is 1. The summed E-state index contributed by atoms with van der Waals surface area (Å²) < 4.78 is 76.5. The predicted octanol–water partition coefficient (Wildman–Crippen LogP) is 3.62. The molecule has 3 atom stereocenters. The number of hydrogen-bond acceptors (Lipinski definition) is 6. The number of rotatable bonds is 7. The van der Waals surface area contributed by atoms with Crippen LogP contribution in [0.1, 0.15) is 45.1 Å². The molecule has 1 heterocycles. The second-order valence-electron chi connectivity index (χ2n) is 9.76. The fraction of sp³-hybridized carbons (Fsp3) is 0.542. The largest absolute Gasteiger partial charge is 0.417 e. The van der Waals surface area contributed by atoms with Gasteiger partial charge in [-0.3, -0.25) is 9.48 Å². The monoisotopic (exact) mass is 524 g/mol. The van der Waals surface area contributed by atoms with E-state index < -0.39 is 55.2 Å². The van der Waals surface area contributed by atoms with Crippen LogP contribution >= 0.6 is 0 Å². The van der Waals surface area contributed by atoms with Crippen LogP contribution in [-0.4, -0.2) is 47.1 Å². The molecule has 1 unspecified atom stereocenters. The quantitative estimate of drug-likeness (QED) is 0.592. The van der Waals surface area contributed by atoms with E-state index in [2.05, 4.69) is 16.5 Å². The number of sulfone groups is 1. The maximum absolute atomic E-state index is 14.0. The van der Waals surface area contributed by atoms with Gasteiger partial charge in [0.2, 0.25) is 5.91 Å². The van der Waals surface area contributed by atoms with E-state index in [9.17, 15) is 31.6 Å². The van der Waals surface area contributed by atoms with Crippen LogP contribution in [0, 0.1) is 17.2 Å². The number of aryl methyl sites for hydroxylation is 1. The van der Waals surface area contributed by atoms with Gasteiger partial charge < -0.3 is 10.1 Å². The lowest BCUT2D eigenvalue weighted by Crippen LogP contribution is -2.43. The first-order chi connectivity index (χ1) is 16.8. The standard InChI is InChI=1S/C24H27F3N4O4S/c1-14(2)35-20-10-17(9-18(20)22(32)30-23(13-28)6-7-23)36(33,34)21-5-4-15(8-19(21)24(25,26)27)16-11-29-31(3)12-16/h4-5,8,11-12,14,17-18,20H,6-7,9-10H2,1-3H3,(H,30,32)/t17-,18-,20?/m0/s1. The molecule has 4 rings (SSSR count). The first-order valence-electron chi connectivity index (χ1n) is 11.6. The van der Waals surface area contributed by atoms with Gasteiger partial charge >= 0.3 is 6.18 Å². The summed E-state index contributed by atoms with van der Waals surface area (Å²) in [6.45, 7) is 3.46. The molecular weight excluding hydrogens is 497 g/mol. The summed E-state index contributed by atoms with van der Waals surface area (Å²) in [5.41, 5.74) is -1.62. The predicted molar refractivity (Wildman–Crippen MR) is 123 cm³/mol. The Balaban J connectivity index is 1.67. The van der Waals surface area contributed by atoms with Gasteiger partial charge in [-0.05, 0) is 57.2 Å². The van der Waals surface area contributed by atoms with Gasteiger partial charge in [-0.1, -0.05) is 6.07 Å². The van der Waals surface area contributed by atoms with Crippen molar-refractivity contribution in [2.45, 2.75) is 73.6 Å². The number of aromatic nitrogens is 2. The second-order valence-corrected chi connectivity index (χ2v) is 12.0. The first kappa shape index (κ1) is 26.2. The maximum atomic E-state index is 14.0. The highest BCUT2D eigenvalue weighted by molar-refractivity contribution is 7.92. The van der Waals surface area contributed by atoms with Crippen molar-refractivity contribution in [2.75, 3.05) is 0 Å². The Morgan fingerprint density at radius 3 is 2.50 bits per heavy atom. The van der Waals surface area contributed by atoms with Crippen molar-refractivity contribution in [2.24, 2.45) is 13.0 Å². The van der Waals surface area contributed by atoms with Crippen LogP contribution < -0.4 is 5.32 Å². The van der Waals surface area contributed by atoms with Crippen molar-refractivity contribution in [1.29, 1.82) is 5.26 Å². The molecule has 2 aliphatic carbocycles. The van der Waals surface area contributed by atoms with Gasteiger partial charge in [-0.25, -0.2) is 8.42 Å². The number of nitrogens with one attached hydrogen (secondary N) is 1. The average Bonchev–Trinajstić information content (AvgIpc) is 3.21. The van der Waals surface area contributed by atoms with Gasteiger partial charge in [0.25, 0.3) is 0 Å². The van der Waals surface area contributed by atoms with Crippen LogP contribution in [0.5, 0.6) is 0 Å². The molecule has 8 nitrogen and oxygen atoms in total. The molecule has 0 spiro atoms. The molecule has 0 radical (unpaired) electrons. The van der Waals surface area contributed by atoms with Gasteiger partial charge in [-0.2, -0.15) is 23.5 Å². The van der Waals surface area contributed by atoms with E-state index in [1.54, 1.807) is 20.9 Å². The SMILES string of the molecule is CC(C)OC1C[C@@H](S(=O)(=O)c2ccc(-c3cnn(C)c3)cc2C(F)(F)F)C[C@@H]1C(=O)NC1(C#N)CC1. The molecule has 12 heteroatoms. The summed E-state index contributed by atoms with van der Waals surface area (Å²) >= 11 is 0. The molecule has 36 heavy (non-hydrogen) atoms. The normalized spacial score (nSPS) is 23.4. The minimum Gasteiger partial charge on any atom is -0.375 e. The maximum Gasteiger partial charge on any atom is 0.417 e. The lowest BCUT2D eigenvalue weighted by Gasteiger charge is -2.22. The first-order valence-corrected chi connectivity index (χ1v) is 13.1. The van der Waals surface area contributed by atoms with Crippen LogP contribution in [0.3, 0.4) is 0 Å². The Kier molecular flexibility index (Phi) is 6.68. The van der Waals surface area contributed by atoms with Crippen molar-refractivity contribution in [3.05, 3.63) is 36.2 Å². The Morgan fingerprint density at radius 2 is 1.97 bits per heavy atom. The molecule has 1 aromatic carbocycles. The zero-order valence-corrected chi connectivity index (χ0v) is 20.9. The molecule has 0 aliphatic heterocycles. The number of amides is 1. The smallest absolute Gasteiger partial charge is 0.375 e. The molecule has 2 fully saturated rings. The Labute approximate surface area is 207 Å². The molecule has 0 saturated heterocycles. The van der Waals surface area contributed by atoms with E-state index in [4.69, 9.17) is 4.74 Å². The van der Waals surface area contributed by atoms with Gasteiger partial charge in [0.15, 0.2) is 9.84 Å². The second kappa shape index (κ2) is 9.19. The average molecular weight is 525 g/mol. The molecular formula is C24H27F3N4O4S. The Morgan fingerprint density at radius 1 is 1.28 bits per heavy atom. The van der Waals surface area contributed by atoms with Crippen LogP contribution in [0.25, 0.3) is 11.1 Å². The number of benzene rings is 1. The highest BCUT2D eigenvalue weighted by atomic mass is 32.2. The summed E-state index contributed by atoms with van der Waals surface area (Å²) in [7, 11) is -2.86. The van der Waals surface area contributed by atoms with Crippen molar-refractivity contribution < 1.29 is 31.1 Å². The molecule has 1 amide bonds. The van der Waals surface area contributed by atoms with E-state index in [0.29, 0.717) is 18.4 Å². The highest BCUT2D eigenvalue weighted by Gasteiger charge is 2.51. The van der Waals surface area contributed by atoms with Crippen molar-refractivity contribution in [3.63, 3.8) is 0 Å². The zero-order valence-electron chi connectivity index (χ0n) is 20.0. The van der Waals surface area contributed by atoms with E-state index in [0.717, 1.165) is 12.1 Å². The van der Waals surface area contributed by atoms with Gasteiger partial charge in [0.1, 0.15) is 5.54 Å². The summed E-state index contributed by atoms with van der Waals surface area (Å²) in [6.07, 6.45) is -2.46.